The molecule has 0 unspecified atom stereocenters. The third kappa shape index (κ3) is 9.07. The van der Waals surface area contributed by atoms with E-state index in [0.717, 1.165) is 18.4 Å². The molecule has 8 heteroatoms. The number of carbonyl (C=O) groups excluding carboxylic acids is 3. The highest BCUT2D eigenvalue weighted by molar-refractivity contribution is 5.92. The number of unbranched alkanes of at least 4 members (excludes halogenated alkanes) is 1. The van der Waals surface area contributed by atoms with Crippen LogP contribution in [0.25, 0.3) is 0 Å². The standard InChI is InChI=1S/C22H33N3O5/c1-4-5-11-17(23-14-26)20(27)24-18(12-15(2)3)21(28)25-19(22(29)30)13-16-9-7-6-8-10-16/h6-10,14-15,17-19H,4-5,11-13H2,1-3H3,(H,23,26)(H,24,27)(H,25,28)(H,29,30)/t17-,18+,19-/m0/s1. The molecule has 166 valence electrons. The Morgan fingerprint density at radius 2 is 1.60 bits per heavy atom. The van der Waals surface area contributed by atoms with Crippen LogP contribution in [0.1, 0.15) is 52.0 Å². The molecule has 30 heavy (non-hydrogen) atoms. The van der Waals surface area contributed by atoms with Gasteiger partial charge in [0.1, 0.15) is 18.1 Å². The van der Waals surface area contributed by atoms with Crippen LogP contribution in [-0.4, -0.2) is 47.4 Å². The number of nitrogens with one attached hydrogen (secondary N) is 3. The van der Waals surface area contributed by atoms with Crippen molar-refractivity contribution in [2.24, 2.45) is 5.92 Å². The van der Waals surface area contributed by atoms with E-state index < -0.39 is 35.9 Å². The molecule has 0 aliphatic carbocycles. The molecule has 0 saturated carbocycles. The zero-order chi connectivity index (χ0) is 22.5. The second-order valence-corrected chi connectivity index (χ2v) is 7.76. The molecule has 0 saturated heterocycles. The molecular formula is C22H33N3O5. The molecule has 3 amide bonds. The lowest BCUT2D eigenvalue weighted by molar-refractivity contribution is -0.142. The molecule has 0 aliphatic heterocycles. The van der Waals surface area contributed by atoms with E-state index in [1.165, 1.54) is 0 Å². The number of carboxylic acid groups (broad SMARTS) is 1. The smallest absolute Gasteiger partial charge is 0.326 e. The topological polar surface area (TPSA) is 125 Å². The summed E-state index contributed by atoms with van der Waals surface area (Å²) in [6.07, 6.45) is 3.02. The molecule has 0 radical (unpaired) electrons. The van der Waals surface area contributed by atoms with E-state index >= 15 is 0 Å². The summed E-state index contributed by atoms with van der Waals surface area (Å²) in [5, 5.41) is 17.3. The minimum Gasteiger partial charge on any atom is -0.480 e. The third-order valence-electron chi connectivity index (χ3n) is 4.67. The predicted octanol–water partition coefficient (Wildman–Crippen LogP) is 1.63. The summed E-state index contributed by atoms with van der Waals surface area (Å²) in [5.41, 5.74) is 0.782. The van der Waals surface area contributed by atoms with Crippen molar-refractivity contribution in [1.29, 1.82) is 0 Å². The van der Waals surface area contributed by atoms with E-state index in [-0.39, 0.29) is 12.3 Å². The molecule has 1 aromatic rings. The van der Waals surface area contributed by atoms with Gasteiger partial charge in [-0.2, -0.15) is 0 Å². The normalized spacial score (nSPS) is 13.7. The predicted molar refractivity (Wildman–Crippen MR) is 114 cm³/mol. The first-order chi connectivity index (χ1) is 14.3. The van der Waals surface area contributed by atoms with Crippen molar-refractivity contribution in [2.45, 2.75) is 71.0 Å². The lowest BCUT2D eigenvalue weighted by Gasteiger charge is -2.25. The van der Waals surface area contributed by atoms with E-state index in [1.807, 2.05) is 26.8 Å². The monoisotopic (exact) mass is 419 g/mol. The Balaban J connectivity index is 2.88. The van der Waals surface area contributed by atoms with Crippen LogP contribution < -0.4 is 16.0 Å². The van der Waals surface area contributed by atoms with E-state index in [1.54, 1.807) is 24.3 Å². The molecular weight excluding hydrogens is 386 g/mol. The van der Waals surface area contributed by atoms with E-state index in [0.29, 0.717) is 19.3 Å². The number of hydrogen-bond donors (Lipinski definition) is 4. The van der Waals surface area contributed by atoms with E-state index in [2.05, 4.69) is 16.0 Å². The first kappa shape index (κ1) is 25.1. The lowest BCUT2D eigenvalue weighted by Crippen LogP contribution is -2.55. The average Bonchev–Trinajstić information content (AvgIpc) is 2.70. The van der Waals surface area contributed by atoms with E-state index in [4.69, 9.17) is 0 Å². The molecule has 0 aromatic heterocycles. The zero-order valence-corrected chi connectivity index (χ0v) is 17.9. The second-order valence-electron chi connectivity index (χ2n) is 7.76. The Kier molecular flexibility index (Phi) is 11.2. The summed E-state index contributed by atoms with van der Waals surface area (Å²) in [6, 6.07) is 6.27. The van der Waals surface area contributed by atoms with E-state index in [9.17, 15) is 24.3 Å². The van der Waals surface area contributed by atoms with Gasteiger partial charge in [0, 0.05) is 6.42 Å². The Hall–Kier alpha value is -2.90. The average molecular weight is 420 g/mol. The van der Waals surface area contributed by atoms with Crippen molar-refractivity contribution in [3.8, 4) is 0 Å². The van der Waals surface area contributed by atoms with Crippen LogP contribution in [0.2, 0.25) is 0 Å². The first-order valence-corrected chi connectivity index (χ1v) is 10.4. The Morgan fingerprint density at radius 3 is 2.13 bits per heavy atom. The van der Waals surface area contributed by atoms with Crippen molar-refractivity contribution in [1.82, 2.24) is 16.0 Å². The summed E-state index contributed by atoms with van der Waals surface area (Å²) in [5.74, 6) is -2.07. The highest BCUT2D eigenvalue weighted by atomic mass is 16.4. The van der Waals surface area contributed by atoms with Crippen LogP contribution in [0, 0.1) is 5.92 Å². The molecule has 0 bridgehead atoms. The summed E-state index contributed by atoms with van der Waals surface area (Å²) in [7, 11) is 0. The van der Waals surface area contributed by atoms with Crippen molar-refractivity contribution in [2.75, 3.05) is 0 Å². The summed E-state index contributed by atoms with van der Waals surface area (Å²) >= 11 is 0. The fourth-order valence-electron chi connectivity index (χ4n) is 3.08. The maximum absolute atomic E-state index is 12.8. The van der Waals surface area contributed by atoms with Gasteiger partial charge >= 0.3 is 5.97 Å². The fourth-order valence-corrected chi connectivity index (χ4v) is 3.08. The van der Waals surface area contributed by atoms with Crippen LogP contribution in [0.5, 0.6) is 0 Å². The second kappa shape index (κ2) is 13.3. The molecule has 0 spiro atoms. The molecule has 8 nitrogen and oxygen atoms in total. The highest BCUT2D eigenvalue weighted by Crippen LogP contribution is 2.09. The van der Waals surface area contributed by atoms with Gasteiger partial charge in [0.15, 0.2) is 0 Å². The molecule has 1 rings (SSSR count). The van der Waals surface area contributed by atoms with Gasteiger partial charge in [0.25, 0.3) is 0 Å². The van der Waals surface area contributed by atoms with Crippen LogP contribution in [0.3, 0.4) is 0 Å². The number of carboxylic acids is 1. The van der Waals surface area contributed by atoms with Crippen molar-refractivity contribution in [3.05, 3.63) is 35.9 Å². The van der Waals surface area contributed by atoms with Gasteiger partial charge in [0.2, 0.25) is 18.2 Å². The Bertz CT molecular complexity index is 693. The molecule has 0 fully saturated rings. The number of hydrogen-bond acceptors (Lipinski definition) is 4. The molecule has 3 atom stereocenters. The van der Waals surface area contributed by atoms with Gasteiger partial charge in [-0.3, -0.25) is 14.4 Å². The number of rotatable bonds is 14. The van der Waals surface area contributed by atoms with Gasteiger partial charge in [-0.1, -0.05) is 63.9 Å². The van der Waals surface area contributed by atoms with Crippen molar-refractivity contribution in [3.63, 3.8) is 0 Å². The maximum atomic E-state index is 12.8. The van der Waals surface area contributed by atoms with Gasteiger partial charge in [-0.15, -0.1) is 0 Å². The Labute approximate surface area is 177 Å². The third-order valence-corrected chi connectivity index (χ3v) is 4.67. The summed E-state index contributed by atoms with van der Waals surface area (Å²) < 4.78 is 0. The SMILES string of the molecule is CCCC[C@H](NC=O)C(=O)N[C@H](CC(C)C)C(=O)N[C@@H](Cc1ccccc1)C(=O)O. The number of amides is 3. The molecule has 0 heterocycles. The molecule has 0 aliphatic rings. The van der Waals surface area contributed by atoms with Crippen LogP contribution >= 0.6 is 0 Å². The van der Waals surface area contributed by atoms with Crippen LogP contribution in [0.15, 0.2) is 30.3 Å². The van der Waals surface area contributed by atoms with Gasteiger partial charge in [-0.25, -0.2) is 4.79 Å². The van der Waals surface area contributed by atoms with Gasteiger partial charge in [-0.05, 0) is 24.3 Å². The maximum Gasteiger partial charge on any atom is 0.326 e. The van der Waals surface area contributed by atoms with Crippen LogP contribution in [-0.2, 0) is 25.6 Å². The van der Waals surface area contributed by atoms with Crippen LogP contribution in [0.4, 0.5) is 0 Å². The Morgan fingerprint density at radius 1 is 1.00 bits per heavy atom. The summed E-state index contributed by atoms with van der Waals surface area (Å²) in [6.45, 7) is 5.79. The quantitative estimate of drug-likeness (QED) is 0.341. The fraction of sp³-hybridized carbons (Fsp3) is 0.545. The van der Waals surface area contributed by atoms with Crippen molar-refractivity contribution < 1.29 is 24.3 Å². The minimum atomic E-state index is -1.15. The first-order valence-electron chi connectivity index (χ1n) is 10.4. The van der Waals surface area contributed by atoms with Crippen molar-refractivity contribution >= 4 is 24.2 Å². The molecule has 4 N–H and O–H groups in total. The summed E-state index contributed by atoms with van der Waals surface area (Å²) in [4.78, 5) is 48.0. The molecule has 1 aromatic carbocycles. The number of carbonyl (C=O) groups is 4. The van der Waals surface area contributed by atoms with Gasteiger partial charge in [0.05, 0.1) is 0 Å². The van der Waals surface area contributed by atoms with Gasteiger partial charge < -0.3 is 21.1 Å². The highest BCUT2D eigenvalue weighted by Gasteiger charge is 2.29. The number of aliphatic carboxylic acids is 1. The minimum absolute atomic E-state index is 0.0894. The number of benzene rings is 1. The zero-order valence-electron chi connectivity index (χ0n) is 17.9. The lowest BCUT2D eigenvalue weighted by atomic mass is 10.0. The largest absolute Gasteiger partial charge is 0.480 e.